The van der Waals surface area contributed by atoms with E-state index < -0.39 is 0 Å². The third-order valence-corrected chi connectivity index (χ3v) is 4.94. The first-order valence-electron chi connectivity index (χ1n) is 4.74. The van der Waals surface area contributed by atoms with Gasteiger partial charge in [0, 0.05) is 5.92 Å². The summed E-state index contributed by atoms with van der Waals surface area (Å²) < 4.78 is 5.13. The average Bonchev–Trinajstić information content (AvgIpc) is 2.03. The fraction of sp³-hybridized carbons (Fsp3) is 0.900. The van der Waals surface area contributed by atoms with E-state index >= 15 is 0 Å². The van der Waals surface area contributed by atoms with Crippen molar-refractivity contribution in [2.45, 2.75) is 26.7 Å². The number of hydrogen-bond donors (Lipinski definition) is 0. The van der Waals surface area contributed by atoms with Crippen molar-refractivity contribution in [1.29, 1.82) is 0 Å². The number of cyclic esters (lactones) is 1. The maximum Gasteiger partial charge on any atom is 0.309 e. The molecule has 66 valence electrons. The fourth-order valence-corrected chi connectivity index (χ4v) is 3.72. The van der Waals surface area contributed by atoms with Gasteiger partial charge in [0.1, 0.15) is 0 Å². The summed E-state index contributed by atoms with van der Waals surface area (Å²) in [6, 6.07) is 0. The molecule has 2 saturated carbocycles. The monoisotopic (exact) mass is 166 g/mol. The highest BCUT2D eigenvalue weighted by Crippen LogP contribution is 2.77. The van der Waals surface area contributed by atoms with Crippen molar-refractivity contribution in [2.24, 2.45) is 22.7 Å². The number of esters is 1. The number of rotatable bonds is 0. The van der Waals surface area contributed by atoms with Crippen LogP contribution in [0.15, 0.2) is 0 Å². The SMILES string of the molecule is CC12CC3COC(=O)C(C1)C32C. The van der Waals surface area contributed by atoms with Crippen LogP contribution < -0.4 is 0 Å². The van der Waals surface area contributed by atoms with Crippen LogP contribution in [0.3, 0.4) is 0 Å². The Balaban J connectivity index is 2.00. The normalized spacial score (nSPS) is 61.0. The molecule has 3 aliphatic rings. The van der Waals surface area contributed by atoms with E-state index in [-0.39, 0.29) is 11.9 Å². The van der Waals surface area contributed by atoms with Gasteiger partial charge < -0.3 is 4.74 Å². The van der Waals surface area contributed by atoms with Gasteiger partial charge in [0.15, 0.2) is 0 Å². The van der Waals surface area contributed by atoms with Gasteiger partial charge in [-0.15, -0.1) is 0 Å². The van der Waals surface area contributed by atoms with E-state index in [1.807, 2.05) is 0 Å². The lowest BCUT2D eigenvalue weighted by Gasteiger charge is -2.74. The Labute approximate surface area is 72.3 Å². The van der Waals surface area contributed by atoms with Gasteiger partial charge in [-0.2, -0.15) is 0 Å². The number of ether oxygens (including phenoxy) is 1. The van der Waals surface area contributed by atoms with Gasteiger partial charge >= 0.3 is 5.97 Å². The minimum Gasteiger partial charge on any atom is -0.465 e. The predicted octanol–water partition coefficient (Wildman–Crippen LogP) is 1.60. The molecule has 4 atom stereocenters. The van der Waals surface area contributed by atoms with E-state index in [4.69, 9.17) is 4.74 Å². The largest absolute Gasteiger partial charge is 0.465 e. The summed E-state index contributed by atoms with van der Waals surface area (Å²) in [5, 5.41) is 0. The summed E-state index contributed by atoms with van der Waals surface area (Å²) in [4.78, 5) is 11.3. The average molecular weight is 166 g/mol. The highest BCUT2D eigenvalue weighted by atomic mass is 16.5. The summed E-state index contributed by atoms with van der Waals surface area (Å²) in [5.41, 5.74) is 0.782. The second-order valence-corrected chi connectivity index (χ2v) is 5.13. The molecule has 0 aromatic carbocycles. The molecule has 12 heavy (non-hydrogen) atoms. The summed E-state index contributed by atoms with van der Waals surface area (Å²) in [5.74, 6) is 0.958. The van der Waals surface area contributed by atoms with E-state index in [0.29, 0.717) is 23.4 Å². The minimum atomic E-state index is 0.0610. The molecule has 4 unspecified atom stereocenters. The molecule has 2 nitrogen and oxygen atoms in total. The highest BCUT2D eigenvalue weighted by molar-refractivity contribution is 5.77. The second kappa shape index (κ2) is 1.57. The number of carbonyl (C=O) groups excluding carboxylic acids is 1. The number of carbonyl (C=O) groups is 1. The van der Waals surface area contributed by atoms with Gasteiger partial charge in [-0.1, -0.05) is 13.8 Å². The van der Waals surface area contributed by atoms with Crippen LogP contribution in [-0.4, -0.2) is 12.6 Å². The molecular weight excluding hydrogens is 152 g/mol. The molecule has 2 heteroatoms. The smallest absolute Gasteiger partial charge is 0.309 e. The molecule has 3 rings (SSSR count). The first-order valence-corrected chi connectivity index (χ1v) is 4.74. The topological polar surface area (TPSA) is 26.3 Å². The molecule has 0 amide bonds. The summed E-state index contributed by atoms with van der Waals surface area (Å²) in [6.07, 6.45) is 2.34. The molecule has 2 aliphatic carbocycles. The Morgan fingerprint density at radius 2 is 2.17 bits per heavy atom. The molecule has 0 spiro atoms. The molecule has 1 saturated heterocycles. The van der Waals surface area contributed by atoms with E-state index in [1.54, 1.807) is 0 Å². The Bertz CT molecular complexity index is 273. The molecule has 3 fully saturated rings. The molecule has 0 N–H and O–H groups in total. The zero-order chi connectivity index (χ0) is 8.56. The molecule has 1 aliphatic heterocycles. The van der Waals surface area contributed by atoms with E-state index in [0.717, 1.165) is 6.42 Å². The summed E-state index contributed by atoms with van der Waals surface area (Å²) in [7, 11) is 0. The predicted molar refractivity (Wildman–Crippen MR) is 43.4 cm³/mol. The molecule has 0 bridgehead atoms. The Hall–Kier alpha value is -0.530. The van der Waals surface area contributed by atoms with Crippen LogP contribution in [0.2, 0.25) is 0 Å². The fourth-order valence-electron chi connectivity index (χ4n) is 3.72. The van der Waals surface area contributed by atoms with Crippen molar-refractivity contribution in [3.63, 3.8) is 0 Å². The molecule has 0 radical (unpaired) electrons. The van der Waals surface area contributed by atoms with Crippen LogP contribution in [0.5, 0.6) is 0 Å². The van der Waals surface area contributed by atoms with Crippen molar-refractivity contribution >= 4 is 5.97 Å². The van der Waals surface area contributed by atoms with Gasteiger partial charge in [-0.25, -0.2) is 0 Å². The molecule has 0 aromatic heterocycles. The maximum absolute atomic E-state index is 11.3. The Kier molecular flexibility index (Phi) is 0.906. The van der Waals surface area contributed by atoms with Crippen LogP contribution in [0, 0.1) is 22.7 Å². The van der Waals surface area contributed by atoms with E-state index in [1.165, 1.54) is 6.42 Å². The van der Waals surface area contributed by atoms with Crippen molar-refractivity contribution in [1.82, 2.24) is 0 Å². The van der Waals surface area contributed by atoms with Gasteiger partial charge in [0.05, 0.1) is 12.5 Å². The first kappa shape index (κ1) is 6.93. The van der Waals surface area contributed by atoms with Crippen LogP contribution in [0.25, 0.3) is 0 Å². The third kappa shape index (κ3) is 0.436. The van der Waals surface area contributed by atoms with Crippen LogP contribution in [-0.2, 0) is 9.53 Å². The summed E-state index contributed by atoms with van der Waals surface area (Å²) in [6.45, 7) is 5.27. The van der Waals surface area contributed by atoms with Crippen molar-refractivity contribution < 1.29 is 9.53 Å². The van der Waals surface area contributed by atoms with E-state index in [2.05, 4.69) is 13.8 Å². The maximum atomic E-state index is 11.3. The van der Waals surface area contributed by atoms with Crippen LogP contribution in [0.4, 0.5) is 0 Å². The van der Waals surface area contributed by atoms with Crippen LogP contribution >= 0.6 is 0 Å². The van der Waals surface area contributed by atoms with Gasteiger partial charge in [-0.05, 0) is 23.7 Å². The second-order valence-electron chi connectivity index (χ2n) is 5.13. The molecule has 1 heterocycles. The van der Waals surface area contributed by atoms with E-state index in [9.17, 15) is 4.79 Å². The van der Waals surface area contributed by atoms with Crippen molar-refractivity contribution in [2.75, 3.05) is 6.61 Å². The standard InChI is InChI=1S/C10H14O2/c1-9-3-6-5-12-8(11)7(4-9)10(6,9)2/h6-7H,3-5H2,1-2H3. The van der Waals surface area contributed by atoms with Crippen molar-refractivity contribution in [3.8, 4) is 0 Å². The van der Waals surface area contributed by atoms with Gasteiger partial charge in [-0.3, -0.25) is 4.79 Å². The minimum absolute atomic E-state index is 0.0610. The lowest BCUT2D eigenvalue weighted by atomic mass is 9.30. The zero-order valence-electron chi connectivity index (χ0n) is 7.59. The Morgan fingerprint density at radius 3 is 2.75 bits per heavy atom. The number of hydrogen-bond acceptors (Lipinski definition) is 2. The molecular formula is C10H14O2. The lowest BCUT2D eigenvalue weighted by molar-refractivity contribution is -0.293. The highest BCUT2D eigenvalue weighted by Gasteiger charge is 2.75. The quantitative estimate of drug-likeness (QED) is 0.511. The van der Waals surface area contributed by atoms with Crippen LogP contribution in [0.1, 0.15) is 26.7 Å². The van der Waals surface area contributed by atoms with Gasteiger partial charge in [0.2, 0.25) is 0 Å². The first-order chi connectivity index (χ1) is 5.58. The zero-order valence-corrected chi connectivity index (χ0v) is 7.59. The third-order valence-electron chi connectivity index (χ3n) is 4.94. The van der Waals surface area contributed by atoms with Crippen molar-refractivity contribution in [3.05, 3.63) is 0 Å². The summed E-state index contributed by atoms with van der Waals surface area (Å²) >= 11 is 0. The Morgan fingerprint density at radius 1 is 1.42 bits per heavy atom. The molecule has 0 aromatic rings. The van der Waals surface area contributed by atoms with Gasteiger partial charge in [0.25, 0.3) is 0 Å². The lowest BCUT2D eigenvalue weighted by Crippen LogP contribution is -2.73.